The van der Waals surface area contributed by atoms with Gasteiger partial charge in [-0.15, -0.1) is 0 Å². The minimum atomic E-state index is -1.33. The van der Waals surface area contributed by atoms with Crippen molar-refractivity contribution in [2.45, 2.75) is 46.1 Å². The molecule has 0 heterocycles. The van der Waals surface area contributed by atoms with Gasteiger partial charge in [0.25, 0.3) is 0 Å². The minimum absolute atomic E-state index is 0.00644. The highest BCUT2D eigenvalue weighted by Gasteiger charge is 2.84. The van der Waals surface area contributed by atoms with E-state index in [2.05, 4.69) is 6.08 Å². The Morgan fingerprint density at radius 3 is 2.60 bits per heavy atom. The van der Waals surface area contributed by atoms with E-state index in [4.69, 9.17) is 0 Å². The van der Waals surface area contributed by atoms with Crippen LogP contribution in [0.5, 0.6) is 0 Å². The van der Waals surface area contributed by atoms with E-state index in [0.29, 0.717) is 19.3 Å². The molecule has 5 heteroatoms. The van der Waals surface area contributed by atoms with E-state index in [1.165, 1.54) is 0 Å². The summed E-state index contributed by atoms with van der Waals surface area (Å²) in [6.45, 7) is 5.72. The number of carboxylic acid groups (broad SMARTS) is 1. The summed E-state index contributed by atoms with van der Waals surface area (Å²) in [4.78, 5) is 25.4. The molecule has 4 aliphatic carbocycles. The molecular formula is C20H28O5. The highest BCUT2D eigenvalue weighted by atomic mass is 16.4. The zero-order valence-electron chi connectivity index (χ0n) is 15.1. The lowest BCUT2D eigenvalue weighted by molar-refractivity contribution is -0.184. The number of aldehydes is 1. The Bertz CT molecular complexity index is 669. The Kier molecular flexibility index (Phi) is 3.41. The third-order valence-corrected chi connectivity index (χ3v) is 8.52. The number of aliphatic hydroxyl groups excluding tert-OH is 2. The molecule has 3 fully saturated rings. The van der Waals surface area contributed by atoms with Crippen LogP contribution in [0, 0.1) is 45.8 Å². The summed E-state index contributed by atoms with van der Waals surface area (Å²) in [6, 6.07) is 0. The monoisotopic (exact) mass is 348 g/mol. The number of aliphatic carboxylic acids is 1. The third-order valence-electron chi connectivity index (χ3n) is 8.52. The van der Waals surface area contributed by atoms with Gasteiger partial charge in [0.05, 0.1) is 18.1 Å². The average Bonchev–Trinajstić information content (AvgIpc) is 3.09. The SMILES string of the molecule is CC(C)C1=C[C@@H]2C[C@]3(C=O)[C@@H]4C[C@H](O)[C@@H](C)[C@H]4C[C@@]2(CO)[C@]13C(=O)O. The number of allylic oxidation sites excluding steroid dienone is 1. The van der Waals surface area contributed by atoms with Crippen LogP contribution in [0.1, 0.15) is 40.0 Å². The Morgan fingerprint density at radius 1 is 1.40 bits per heavy atom. The molecule has 0 aromatic rings. The van der Waals surface area contributed by atoms with Gasteiger partial charge < -0.3 is 20.1 Å². The molecule has 0 amide bonds. The molecule has 0 unspecified atom stereocenters. The smallest absolute Gasteiger partial charge is 0.315 e. The normalized spacial score (nSPS) is 53.0. The van der Waals surface area contributed by atoms with Crippen molar-refractivity contribution < 1.29 is 24.9 Å². The summed E-state index contributed by atoms with van der Waals surface area (Å²) in [7, 11) is 0. The summed E-state index contributed by atoms with van der Waals surface area (Å²) in [6.07, 6.45) is 3.99. The summed E-state index contributed by atoms with van der Waals surface area (Å²) in [5, 5.41) is 31.4. The largest absolute Gasteiger partial charge is 0.481 e. The topological polar surface area (TPSA) is 94.8 Å². The quantitative estimate of drug-likeness (QED) is 0.533. The lowest BCUT2D eigenvalue weighted by atomic mass is 9.43. The molecule has 8 atom stereocenters. The first-order valence-electron chi connectivity index (χ1n) is 9.44. The third kappa shape index (κ3) is 1.51. The van der Waals surface area contributed by atoms with Gasteiger partial charge in [0.15, 0.2) is 0 Å². The zero-order valence-corrected chi connectivity index (χ0v) is 15.1. The van der Waals surface area contributed by atoms with Crippen molar-refractivity contribution >= 4 is 12.3 Å². The van der Waals surface area contributed by atoms with Gasteiger partial charge in [-0.05, 0) is 48.9 Å². The van der Waals surface area contributed by atoms with Gasteiger partial charge in [-0.1, -0.05) is 32.4 Å². The zero-order chi connectivity index (χ0) is 18.4. The molecule has 0 saturated heterocycles. The van der Waals surface area contributed by atoms with Crippen molar-refractivity contribution in [1.82, 2.24) is 0 Å². The van der Waals surface area contributed by atoms with Crippen molar-refractivity contribution in [3.8, 4) is 0 Å². The first-order valence-corrected chi connectivity index (χ1v) is 9.44. The molecule has 138 valence electrons. The van der Waals surface area contributed by atoms with E-state index in [-0.39, 0.29) is 36.2 Å². The van der Waals surface area contributed by atoms with Crippen molar-refractivity contribution in [2.24, 2.45) is 45.8 Å². The lowest BCUT2D eigenvalue weighted by Crippen LogP contribution is -2.63. The number of carboxylic acids is 1. The van der Waals surface area contributed by atoms with Crippen LogP contribution in [0.2, 0.25) is 0 Å². The molecule has 0 aliphatic heterocycles. The molecule has 3 saturated carbocycles. The molecular weight excluding hydrogens is 320 g/mol. The predicted octanol–water partition coefficient (Wildman–Crippen LogP) is 1.87. The highest BCUT2D eigenvalue weighted by molar-refractivity contribution is 5.90. The van der Waals surface area contributed by atoms with Crippen LogP contribution in [-0.4, -0.2) is 40.3 Å². The molecule has 0 radical (unpaired) electrons. The van der Waals surface area contributed by atoms with E-state index in [1.54, 1.807) is 0 Å². The second-order valence-corrected chi connectivity index (χ2v) is 9.25. The van der Waals surface area contributed by atoms with Gasteiger partial charge in [-0.2, -0.15) is 0 Å². The molecule has 25 heavy (non-hydrogen) atoms. The van der Waals surface area contributed by atoms with Crippen LogP contribution >= 0.6 is 0 Å². The van der Waals surface area contributed by atoms with Crippen LogP contribution in [-0.2, 0) is 9.59 Å². The summed E-state index contributed by atoms with van der Waals surface area (Å²) < 4.78 is 0. The molecule has 4 aliphatic rings. The van der Waals surface area contributed by atoms with Crippen LogP contribution in [0.25, 0.3) is 0 Å². The minimum Gasteiger partial charge on any atom is -0.481 e. The van der Waals surface area contributed by atoms with Crippen LogP contribution < -0.4 is 0 Å². The summed E-state index contributed by atoms with van der Waals surface area (Å²) in [5.41, 5.74) is -2.36. The van der Waals surface area contributed by atoms with E-state index in [9.17, 15) is 24.9 Å². The van der Waals surface area contributed by atoms with Crippen molar-refractivity contribution in [1.29, 1.82) is 0 Å². The molecule has 3 N–H and O–H groups in total. The number of hydrogen-bond acceptors (Lipinski definition) is 4. The maximum Gasteiger partial charge on any atom is 0.315 e. The second kappa shape index (κ2) is 4.95. The number of aliphatic hydroxyl groups is 2. The van der Waals surface area contributed by atoms with Gasteiger partial charge >= 0.3 is 5.97 Å². The van der Waals surface area contributed by atoms with Crippen LogP contribution in [0.4, 0.5) is 0 Å². The number of rotatable bonds is 4. The summed E-state index contributed by atoms with van der Waals surface area (Å²) >= 11 is 0. The van der Waals surface area contributed by atoms with Gasteiger partial charge in [0.1, 0.15) is 11.7 Å². The number of hydrogen-bond donors (Lipinski definition) is 3. The lowest BCUT2D eigenvalue weighted by Gasteiger charge is -2.57. The van der Waals surface area contributed by atoms with Crippen molar-refractivity contribution in [3.63, 3.8) is 0 Å². The number of carbonyl (C=O) groups excluding carboxylic acids is 1. The Morgan fingerprint density at radius 2 is 2.08 bits per heavy atom. The molecule has 0 aromatic carbocycles. The first kappa shape index (κ1) is 17.2. The van der Waals surface area contributed by atoms with E-state index >= 15 is 0 Å². The fourth-order valence-corrected chi connectivity index (χ4v) is 7.63. The predicted molar refractivity (Wildman–Crippen MR) is 90.5 cm³/mol. The Labute approximate surface area is 148 Å². The molecule has 0 spiro atoms. The van der Waals surface area contributed by atoms with E-state index in [1.807, 2.05) is 20.8 Å². The Hall–Kier alpha value is -1.20. The van der Waals surface area contributed by atoms with Gasteiger partial charge in [0.2, 0.25) is 0 Å². The molecule has 0 aromatic heterocycles. The first-order chi connectivity index (χ1) is 11.7. The van der Waals surface area contributed by atoms with Gasteiger partial charge in [0, 0.05) is 5.41 Å². The molecule has 4 rings (SSSR count). The maximum atomic E-state index is 12.8. The number of fused-ring (bicyclic) bond motifs is 2. The van der Waals surface area contributed by atoms with Gasteiger partial charge in [-0.25, -0.2) is 0 Å². The average molecular weight is 348 g/mol. The molecule has 5 nitrogen and oxygen atoms in total. The van der Waals surface area contributed by atoms with Crippen molar-refractivity contribution in [3.05, 3.63) is 11.6 Å². The standard InChI is InChI=1S/C20H28O5/c1-10(2)14-4-12-6-19(9-22)15-5-16(23)11(3)13(15)7-18(12,8-21)20(14,19)17(24)25/h4,9-13,15-16,21,23H,5-8H2,1-3H3,(H,24,25)/t11-,12+,13+,15+,16-,18-,19-,20+/m0/s1. The van der Waals surface area contributed by atoms with Crippen LogP contribution in [0.15, 0.2) is 11.6 Å². The second-order valence-electron chi connectivity index (χ2n) is 9.25. The van der Waals surface area contributed by atoms with Gasteiger partial charge in [-0.3, -0.25) is 4.79 Å². The Balaban J connectivity index is 2.02. The summed E-state index contributed by atoms with van der Waals surface area (Å²) in [5.74, 6) is -1.05. The number of carbonyl (C=O) groups is 2. The van der Waals surface area contributed by atoms with Crippen LogP contribution in [0.3, 0.4) is 0 Å². The van der Waals surface area contributed by atoms with E-state index < -0.39 is 28.3 Å². The molecule has 4 bridgehead atoms. The van der Waals surface area contributed by atoms with Crippen molar-refractivity contribution in [2.75, 3.05) is 6.61 Å². The highest BCUT2D eigenvalue weighted by Crippen LogP contribution is 2.82. The fourth-order valence-electron chi connectivity index (χ4n) is 7.63. The fraction of sp³-hybridized carbons (Fsp3) is 0.800. The maximum absolute atomic E-state index is 12.8. The van der Waals surface area contributed by atoms with E-state index in [0.717, 1.165) is 11.9 Å².